The van der Waals surface area contributed by atoms with Gasteiger partial charge in [0, 0.05) is 12.6 Å². The number of piperidine rings is 1. The monoisotopic (exact) mass is 315 g/mol. The number of hydrogen-bond donors (Lipinski definition) is 2. The van der Waals surface area contributed by atoms with E-state index in [0.29, 0.717) is 11.5 Å². The fraction of sp³-hybridized carbons (Fsp3) is 0.412. The average Bonchev–Trinajstić information content (AvgIpc) is 3.09. The van der Waals surface area contributed by atoms with Crippen LogP contribution < -0.4 is 10.9 Å². The molecular weight excluding hydrogens is 294 g/mol. The Morgan fingerprint density at radius 2 is 2.30 bits per heavy atom. The molecule has 0 bridgehead atoms. The van der Waals surface area contributed by atoms with Gasteiger partial charge in [-0.1, -0.05) is 6.92 Å². The number of furan rings is 1. The molecular formula is C17H21N3O3. The van der Waals surface area contributed by atoms with Gasteiger partial charge in [0.05, 0.1) is 12.0 Å². The molecule has 6 heteroatoms. The highest BCUT2D eigenvalue weighted by Crippen LogP contribution is 2.16. The van der Waals surface area contributed by atoms with Gasteiger partial charge in [0.1, 0.15) is 11.3 Å². The van der Waals surface area contributed by atoms with Gasteiger partial charge in [-0.25, -0.2) is 0 Å². The fourth-order valence-electron chi connectivity index (χ4n) is 2.95. The minimum absolute atomic E-state index is 0.0975. The zero-order valence-electron chi connectivity index (χ0n) is 13.2. The lowest BCUT2D eigenvalue weighted by atomic mass is 10.1. The van der Waals surface area contributed by atoms with Crippen LogP contribution in [0.15, 0.2) is 39.7 Å². The maximum absolute atomic E-state index is 12.4. The van der Waals surface area contributed by atoms with Crippen LogP contribution in [0.3, 0.4) is 0 Å². The highest BCUT2D eigenvalue weighted by Gasteiger charge is 2.22. The standard InChI is InChI=1S/C17H21N3O3/c1-2-20-9-3-5-12(11-20)18-16(21)13-7-8-14(19-17(13)22)15-6-4-10-23-15/h4,6-8,10,12H,2-3,5,9,11H2,1H3,(H,18,21)(H,19,22)/t12-/m1/s1. The van der Waals surface area contributed by atoms with Crippen LogP contribution in [0.1, 0.15) is 30.1 Å². The summed E-state index contributed by atoms with van der Waals surface area (Å²) in [6.45, 7) is 5.00. The molecule has 1 aliphatic heterocycles. The van der Waals surface area contributed by atoms with E-state index in [-0.39, 0.29) is 17.5 Å². The van der Waals surface area contributed by atoms with E-state index in [1.54, 1.807) is 24.3 Å². The van der Waals surface area contributed by atoms with Crippen molar-refractivity contribution in [2.75, 3.05) is 19.6 Å². The Balaban J connectivity index is 1.71. The number of likely N-dealkylation sites (N-methyl/N-ethyl adjacent to an activating group) is 1. The van der Waals surface area contributed by atoms with Crippen molar-refractivity contribution < 1.29 is 9.21 Å². The molecule has 2 aromatic rings. The average molecular weight is 315 g/mol. The molecule has 1 fully saturated rings. The van der Waals surface area contributed by atoms with E-state index in [1.807, 2.05) is 0 Å². The summed E-state index contributed by atoms with van der Waals surface area (Å²) < 4.78 is 5.24. The van der Waals surface area contributed by atoms with Crippen molar-refractivity contribution in [3.8, 4) is 11.5 Å². The quantitative estimate of drug-likeness (QED) is 0.902. The summed E-state index contributed by atoms with van der Waals surface area (Å²) in [6, 6.07) is 6.84. The molecule has 3 rings (SSSR count). The van der Waals surface area contributed by atoms with Gasteiger partial charge < -0.3 is 19.6 Å². The van der Waals surface area contributed by atoms with Crippen LogP contribution in [0.25, 0.3) is 11.5 Å². The number of hydrogen-bond acceptors (Lipinski definition) is 4. The van der Waals surface area contributed by atoms with Crippen LogP contribution in [0.2, 0.25) is 0 Å². The van der Waals surface area contributed by atoms with Crippen molar-refractivity contribution in [3.63, 3.8) is 0 Å². The van der Waals surface area contributed by atoms with E-state index >= 15 is 0 Å². The third kappa shape index (κ3) is 3.53. The predicted molar refractivity (Wildman–Crippen MR) is 87.4 cm³/mol. The van der Waals surface area contributed by atoms with Crippen LogP contribution in [0.5, 0.6) is 0 Å². The van der Waals surface area contributed by atoms with E-state index in [0.717, 1.165) is 32.5 Å². The van der Waals surface area contributed by atoms with Gasteiger partial charge in [-0.15, -0.1) is 0 Å². The minimum atomic E-state index is -0.403. The van der Waals surface area contributed by atoms with Crippen molar-refractivity contribution >= 4 is 5.91 Å². The van der Waals surface area contributed by atoms with Gasteiger partial charge in [-0.05, 0) is 50.2 Å². The molecule has 0 aromatic carbocycles. The summed E-state index contributed by atoms with van der Waals surface area (Å²) in [4.78, 5) is 29.5. The minimum Gasteiger partial charge on any atom is -0.463 e. The number of aromatic nitrogens is 1. The molecule has 1 atom stereocenters. The number of nitrogens with zero attached hydrogens (tertiary/aromatic N) is 1. The van der Waals surface area contributed by atoms with Crippen molar-refractivity contribution in [3.05, 3.63) is 46.4 Å². The number of aromatic amines is 1. The van der Waals surface area contributed by atoms with E-state index in [9.17, 15) is 9.59 Å². The van der Waals surface area contributed by atoms with Crippen molar-refractivity contribution in [1.82, 2.24) is 15.2 Å². The molecule has 23 heavy (non-hydrogen) atoms. The molecule has 0 aliphatic carbocycles. The molecule has 1 aliphatic rings. The number of pyridine rings is 1. The SMILES string of the molecule is CCN1CCC[C@@H](NC(=O)c2ccc(-c3ccco3)[nH]c2=O)C1. The van der Waals surface area contributed by atoms with E-state index in [1.165, 1.54) is 6.26 Å². The molecule has 1 saturated heterocycles. The Hall–Kier alpha value is -2.34. The first-order chi connectivity index (χ1) is 11.2. The number of H-pyrrole nitrogens is 1. The van der Waals surface area contributed by atoms with Gasteiger partial charge in [0.15, 0.2) is 0 Å². The fourth-order valence-corrected chi connectivity index (χ4v) is 2.95. The highest BCUT2D eigenvalue weighted by atomic mass is 16.3. The molecule has 0 radical (unpaired) electrons. The Bertz CT molecular complexity index is 721. The second-order valence-corrected chi connectivity index (χ2v) is 5.80. The Morgan fingerprint density at radius 3 is 3.00 bits per heavy atom. The summed E-state index contributed by atoms with van der Waals surface area (Å²) >= 11 is 0. The largest absolute Gasteiger partial charge is 0.463 e. The maximum atomic E-state index is 12.4. The predicted octanol–water partition coefficient (Wildman–Crippen LogP) is 1.85. The Labute approximate surface area is 134 Å². The summed E-state index contributed by atoms with van der Waals surface area (Å²) in [6.07, 6.45) is 3.55. The molecule has 2 N–H and O–H groups in total. The van der Waals surface area contributed by atoms with Crippen LogP contribution in [-0.2, 0) is 0 Å². The van der Waals surface area contributed by atoms with Crippen LogP contribution in [-0.4, -0.2) is 41.5 Å². The van der Waals surface area contributed by atoms with Crippen LogP contribution in [0, 0.1) is 0 Å². The normalized spacial score (nSPS) is 18.7. The molecule has 1 amide bonds. The van der Waals surface area contributed by atoms with E-state index < -0.39 is 5.56 Å². The molecule has 0 spiro atoms. The second kappa shape index (κ2) is 6.83. The van der Waals surface area contributed by atoms with Crippen LogP contribution in [0.4, 0.5) is 0 Å². The van der Waals surface area contributed by atoms with Gasteiger partial charge >= 0.3 is 0 Å². The summed E-state index contributed by atoms with van der Waals surface area (Å²) in [5.74, 6) is 0.250. The lowest BCUT2D eigenvalue weighted by molar-refractivity contribution is 0.0904. The lowest BCUT2D eigenvalue weighted by Gasteiger charge is -2.32. The third-order valence-electron chi connectivity index (χ3n) is 4.23. The van der Waals surface area contributed by atoms with Gasteiger partial charge in [-0.2, -0.15) is 0 Å². The summed E-state index contributed by atoms with van der Waals surface area (Å²) in [5, 5.41) is 2.97. The summed E-state index contributed by atoms with van der Waals surface area (Å²) in [5.41, 5.74) is 0.292. The summed E-state index contributed by atoms with van der Waals surface area (Å²) in [7, 11) is 0. The number of carbonyl (C=O) groups excluding carboxylic acids is 1. The number of rotatable bonds is 4. The van der Waals surface area contributed by atoms with Gasteiger partial charge in [0.2, 0.25) is 0 Å². The zero-order valence-corrected chi connectivity index (χ0v) is 13.2. The first-order valence-electron chi connectivity index (χ1n) is 7.98. The second-order valence-electron chi connectivity index (χ2n) is 5.80. The first-order valence-corrected chi connectivity index (χ1v) is 7.98. The number of amides is 1. The lowest BCUT2D eigenvalue weighted by Crippen LogP contribution is -2.48. The number of carbonyl (C=O) groups is 1. The number of likely N-dealkylation sites (tertiary alicyclic amines) is 1. The Kier molecular flexibility index (Phi) is 4.62. The molecule has 0 saturated carbocycles. The maximum Gasteiger partial charge on any atom is 0.261 e. The van der Waals surface area contributed by atoms with E-state index in [4.69, 9.17) is 4.42 Å². The topological polar surface area (TPSA) is 78.3 Å². The molecule has 2 aromatic heterocycles. The van der Waals surface area contributed by atoms with Gasteiger partial charge in [0.25, 0.3) is 11.5 Å². The zero-order chi connectivity index (χ0) is 16.2. The third-order valence-corrected chi connectivity index (χ3v) is 4.23. The first kappa shape index (κ1) is 15.6. The highest BCUT2D eigenvalue weighted by molar-refractivity contribution is 5.94. The molecule has 122 valence electrons. The van der Waals surface area contributed by atoms with Gasteiger partial charge in [-0.3, -0.25) is 9.59 Å². The van der Waals surface area contributed by atoms with Crippen molar-refractivity contribution in [2.45, 2.75) is 25.8 Å². The smallest absolute Gasteiger partial charge is 0.261 e. The molecule has 0 unspecified atom stereocenters. The number of nitrogens with one attached hydrogen (secondary N) is 2. The van der Waals surface area contributed by atoms with Crippen molar-refractivity contribution in [1.29, 1.82) is 0 Å². The van der Waals surface area contributed by atoms with Crippen molar-refractivity contribution in [2.24, 2.45) is 0 Å². The Morgan fingerprint density at radius 1 is 1.43 bits per heavy atom. The van der Waals surface area contributed by atoms with E-state index in [2.05, 4.69) is 22.1 Å². The van der Waals surface area contributed by atoms with Crippen LogP contribution >= 0.6 is 0 Å². The molecule has 6 nitrogen and oxygen atoms in total. The molecule has 3 heterocycles.